The first kappa shape index (κ1) is 23.4. The molecule has 2 rings (SSSR count). The van der Waals surface area contributed by atoms with E-state index in [2.05, 4.69) is 36.8 Å². The molecule has 0 unspecified atom stereocenters. The number of aliphatic hydroxyl groups is 1. The van der Waals surface area contributed by atoms with Gasteiger partial charge in [-0.25, -0.2) is 32.3 Å². The summed E-state index contributed by atoms with van der Waals surface area (Å²) < 4.78 is 0. The number of rotatable bonds is 3. The SMILES string of the molecule is C[CH-]O.[CH3-].[Y].[Y].c1ccc([CH-]C[C-]2CC2)cc1. The monoisotopic (exact) mass is 382 g/mol. The van der Waals surface area contributed by atoms with Crippen LogP contribution in [0.15, 0.2) is 30.3 Å². The molecule has 1 saturated carbocycles. The van der Waals surface area contributed by atoms with Gasteiger partial charge in [0.05, 0.1) is 0 Å². The third-order valence-corrected chi connectivity index (χ3v) is 2.03. The van der Waals surface area contributed by atoms with Crippen LogP contribution in [0.4, 0.5) is 0 Å². The van der Waals surface area contributed by atoms with E-state index in [1.165, 1.54) is 24.8 Å². The van der Waals surface area contributed by atoms with Gasteiger partial charge in [-0.3, -0.25) is 0 Å². The molecule has 0 aromatic heterocycles. The summed E-state index contributed by atoms with van der Waals surface area (Å²) in [6, 6.07) is 10.5. The minimum absolute atomic E-state index is 0. The first-order valence-electron chi connectivity index (χ1n) is 5.00. The summed E-state index contributed by atoms with van der Waals surface area (Å²) >= 11 is 0. The van der Waals surface area contributed by atoms with Crippen molar-refractivity contribution in [1.82, 2.24) is 0 Å². The maximum atomic E-state index is 7.44. The minimum atomic E-state index is 0. The molecule has 0 saturated heterocycles. The van der Waals surface area contributed by atoms with Gasteiger partial charge in [0, 0.05) is 65.4 Å². The summed E-state index contributed by atoms with van der Waals surface area (Å²) in [4.78, 5) is 0. The van der Waals surface area contributed by atoms with Crippen LogP contribution in [0.5, 0.6) is 0 Å². The first-order chi connectivity index (χ1) is 6.86. The van der Waals surface area contributed by atoms with Crippen molar-refractivity contribution in [2.24, 2.45) is 0 Å². The molecule has 1 aromatic carbocycles. The van der Waals surface area contributed by atoms with E-state index in [1.54, 1.807) is 12.8 Å². The van der Waals surface area contributed by atoms with Gasteiger partial charge in [0.25, 0.3) is 0 Å². The maximum Gasteiger partial charge on any atom is 0 e. The Morgan fingerprint density at radius 2 is 1.65 bits per heavy atom. The van der Waals surface area contributed by atoms with Crippen LogP contribution in [0, 0.1) is 26.4 Å². The average molecular weight is 382 g/mol. The van der Waals surface area contributed by atoms with Crippen LogP contribution in [-0.4, -0.2) is 5.11 Å². The largest absolute Gasteiger partial charge is 0.566 e. The Bertz CT molecular complexity index is 235. The Morgan fingerprint density at radius 1 is 1.18 bits per heavy atom. The van der Waals surface area contributed by atoms with Gasteiger partial charge in [0.2, 0.25) is 0 Å². The van der Waals surface area contributed by atoms with E-state index in [4.69, 9.17) is 5.11 Å². The van der Waals surface area contributed by atoms with E-state index in [9.17, 15) is 0 Å². The van der Waals surface area contributed by atoms with Crippen LogP contribution in [0.2, 0.25) is 0 Å². The van der Waals surface area contributed by atoms with Crippen molar-refractivity contribution in [3.63, 3.8) is 0 Å². The minimum Gasteiger partial charge on any atom is -0.566 e. The zero-order valence-electron chi connectivity index (χ0n) is 10.8. The van der Waals surface area contributed by atoms with Crippen LogP contribution in [0.25, 0.3) is 0 Å². The number of hydrogen-bond acceptors (Lipinski definition) is 1. The predicted molar refractivity (Wildman–Crippen MR) is 65.3 cm³/mol. The Morgan fingerprint density at radius 3 is 2.06 bits per heavy atom. The molecule has 1 aliphatic rings. The van der Waals surface area contributed by atoms with E-state index >= 15 is 0 Å². The number of hydrogen-bond donors (Lipinski definition) is 1. The van der Waals surface area contributed by atoms with Crippen molar-refractivity contribution in [2.75, 3.05) is 0 Å². The van der Waals surface area contributed by atoms with E-state index in [0.29, 0.717) is 0 Å². The molecule has 92 valence electrons. The van der Waals surface area contributed by atoms with E-state index < -0.39 is 0 Å². The molecule has 0 aliphatic heterocycles. The summed E-state index contributed by atoms with van der Waals surface area (Å²) in [7, 11) is 0. The molecule has 0 amide bonds. The molecular weight excluding hydrogens is 362 g/mol. The Labute approximate surface area is 157 Å². The second kappa shape index (κ2) is 15.3. The molecule has 0 heterocycles. The molecule has 2 radical (unpaired) electrons. The fourth-order valence-corrected chi connectivity index (χ4v) is 1.14. The van der Waals surface area contributed by atoms with Gasteiger partial charge in [0.1, 0.15) is 0 Å². The molecule has 1 nitrogen and oxygen atoms in total. The van der Waals surface area contributed by atoms with Gasteiger partial charge < -0.3 is 18.5 Å². The van der Waals surface area contributed by atoms with Crippen molar-refractivity contribution in [3.8, 4) is 0 Å². The van der Waals surface area contributed by atoms with Crippen molar-refractivity contribution >= 4 is 0 Å². The van der Waals surface area contributed by atoms with E-state index in [0.717, 1.165) is 6.61 Å². The van der Waals surface area contributed by atoms with Crippen LogP contribution in [0.3, 0.4) is 0 Å². The topological polar surface area (TPSA) is 20.2 Å². The summed E-state index contributed by atoms with van der Waals surface area (Å²) in [5.41, 5.74) is 1.35. The fourth-order valence-electron chi connectivity index (χ4n) is 1.14. The zero-order chi connectivity index (χ0) is 10.2. The van der Waals surface area contributed by atoms with Gasteiger partial charge >= 0.3 is 0 Å². The Balaban J connectivity index is -0.000000300. The van der Waals surface area contributed by atoms with Crippen LogP contribution in [0.1, 0.15) is 31.7 Å². The zero-order valence-corrected chi connectivity index (χ0v) is 16.4. The third-order valence-electron chi connectivity index (χ3n) is 2.03. The second-order valence-corrected chi connectivity index (χ2v) is 3.33. The van der Waals surface area contributed by atoms with E-state index in [-0.39, 0.29) is 72.8 Å². The summed E-state index contributed by atoms with van der Waals surface area (Å²) in [5.74, 6) is 1.70. The number of aliphatic hydroxyl groups excluding tert-OH is 1. The average Bonchev–Trinajstić information content (AvgIpc) is 3.01. The molecule has 0 bridgehead atoms. The second-order valence-electron chi connectivity index (χ2n) is 3.33. The summed E-state index contributed by atoms with van der Waals surface area (Å²) in [6.45, 7) is 2.56. The molecule has 0 atom stereocenters. The van der Waals surface area contributed by atoms with Gasteiger partial charge in [0.15, 0.2) is 0 Å². The fraction of sp³-hybridized carbons (Fsp3) is 0.286. The van der Waals surface area contributed by atoms with Crippen LogP contribution >= 0.6 is 0 Å². The molecular formula is C14H20OY2-4. The Hall–Kier alpha value is 1.26. The van der Waals surface area contributed by atoms with Crippen molar-refractivity contribution in [3.05, 3.63) is 62.3 Å². The van der Waals surface area contributed by atoms with E-state index in [1.807, 2.05) is 0 Å². The standard InChI is InChI=1S/C11H12.C2H5O.CH3.2Y/c1-2-4-10(5-3-1)6-7-11-8-9-11;1-2-3;;;/h1-6H,7-9H2;2-3H,1H3;1H3;;/q-2;2*-1;;. The molecule has 17 heavy (non-hydrogen) atoms. The summed E-state index contributed by atoms with van der Waals surface area (Å²) in [5, 5.41) is 7.44. The van der Waals surface area contributed by atoms with Gasteiger partial charge in [-0.1, -0.05) is 6.07 Å². The van der Waals surface area contributed by atoms with Crippen LogP contribution < -0.4 is 0 Å². The smallest absolute Gasteiger partial charge is 0 e. The molecule has 3 heteroatoms. The van der Waals surface area contributed by atoms with Gasteiger partial charge in [-0.2, -0.15) is 24.6 Å². The quantitative estimate of drug-likeness (QED) is 0.785. The molecule has 1 fully saturated rings. The maximum absolute atomic E-state index is 7.44. The molecule has 1 aliphatic carbocycles. The third kappa shape index (κ3) is 13.5. The van der Waals surface area contributed by atoms with Gasteiger partial charge in [-0.15, -0.1) is 12.1 Å². The van der Waals surface area contributed by atoms with Crippen molar-refractivity contribution in [1.29, 1.82) is 0 Å². The predicted octanol–water partition coefficient (Wildman–Crippen LogP) is 3.98. The molecule has 1 aromatic rings. The van der Waals surface area contributed by atoms with Crippen LogP contribution in [-0.2, 0) is 65.4 Å². The molecule has 0 spiro atoms. The number of benzene rings is 1. The first-order valence-corrected chi connectivity index (χ1v) is 5.00. The molecule has 1 N–H and O–H groups in total. The Kier molecular flexibility index (Phi) is 21.0. The van der Waals surface area contributed by atoms with Crippen molar-refractivity contribution < 1.29 is 70.5 Å². The van der Waals surface area contributed by atoms with Gasteiger partial charge in [-0.05, 0) is 0 Å². The summed E-state index contributed by atoms with van der Waals surface area (Å²) in [6.07, 6.45) is 6.24. The van der Waals surface area contributed by atoms with Crippen molar-refractivity contribution in [2.45, 2.75) is 26.2 Å². The normalized spacial score (nSPS) is 11.6.